The van der Waals surface area contributed by atoms with Crippen LogP contribution < -0.4 is 5.32 Å². The second-order valence-corrected chi connectivity index (χ2v) is 5.07. The van der Waals surface area contributed by atoms with E-state index in [4.69, 9.17) is 0 Å². The third-order valence-corrected chi connectivity index (χ3v) is 3.78. The number of nitro benzene ring substituents is 1. The summed E-state index contributed by atoms with van der Waals surface area (Å²) in [6.45, 7) is 6.74. The van der Waals surface area contributed by atoms with Gasteiger partial charge in [-0.1, -0.05) is 6.07 Å². The third kappa shape index (κ3) is 2.66. The van der Waals surface area contributed by atoms with Crippen molar-refractivity contribution in [1.82, 2.24) is 4.57 Å². The summed E-state index contributed by atoms with van der Waals surface area (Å²) in [6.07, 6.45) is 0. The van der Waals surface area contributed by atoms with Crippen LogP contribution in [-0.4, -0.2) is 9.49 Å². The number of hydrogen-bond donors (Lipinski definition) is 1. The number of nitro groups is 1. The lowest BCUT2D eigenvalue weighted by Crippen LogP contribution is -2.03. The molecular formula is C15H19N3O2. The number of benzene rings is 1. The van der Waals surface area contributed by atoms with Crippen LogP contribution in [-0.2, 0) is 13.6 Å². The van der Waals surface area contributed by atoms with Crippen molar-refractivity contribution in [3.05, 3.63) is 56.9 Å². The molecule has 0 bridgehead atoms. The van der Waals surface area contributed by atoms with Gasteiger partial charge in [-0.25, -0.2) is 0 Å². The first-order valence-corrected chi connectivity index (χ1v) is 6.51. The molecule has 0 saturated heterocycles. The number of nitrogens with one attached hydrogen (secondary N) is 1. The van der Waals surface area contributed by atoms with Crippen LogP contribution in [0.1, 0.15) is 22.5 Å². The molecule has 0 aliphatic rings. The van der Waals surface area contributed by atoms with Gasteiger partial charge in [0.2, 0.25) is 0 Å². The summed E-state index contributed by atoms with van der Waals surface area (Å²) in [5, 5.41) is 14.1. The largest absolute Gasteiger partial charge is 0.380 e. The van der Waals surface area contributed by atoms with Crippen molar-refractivity contribution in [2.75, 3.05) is 5.32 Å². The van der Waals surface area contributed by atoms with E-state index in [0.717, 1.165) is 11.3 Å². The molecule has 1 aromatic carbocycles. The molecule has 0 aliphatic heterocycles. The number of aromatic nitrogens is 1. The number of hydrogen-bond acceptors (Lipinski definition) is 3. The second-order valence-electron chi connectivity index (χ2n) is 5.07. The Morgan fingerprint density at radius 3 is 2.50 bits per heavy atom. The number of anilines is 1. The minimum Gasteiger partial charge on any atom is -0.380 e. The Morgan fingerprint density at radius 1 is 1.25 bits per heavy atom. The zero-order valence-electron chi connectivity index (χ0n) is 12.2. The summed E-state index contributed by atoms with van der Waals surface area (Å²) in [7, 11) is 2.03. The highest BCUT2D eigenvalue weighted by atomic mass is 16.6. The first-order valence-electron chi connectivity index (χ1n) is 6.51. The molecule has 0 saturated carbocycles. The van der Waals surface area contributed by atoms with Gasteiger partial charge >= 0.3 is 0 Å². The fourth-order valence-corrected chi connectivity index (χ4v) is 2.22. The molecule has 0 spiro atoms. The molecule has 1 N–H and O–H groups in total. The highest BCUT2D eigenvalue weighted by Crippen LogP contribution is 2.23. The smallest absolute Gasteiger partial charge is 0.271 e. The van der Waals surface area contributed by atoms with Crippen molar-refractivity contribution in [3.63, 3.8) is 0 Å². The maximum absolute atomic E-state index is 10.8. The first kappa shape index (κ1) is 14.1. The zero-order chi connectivity index (χ0) is 14.9. The van der Waals surface area contributed by atoms with Gasteiger partial charge in [-0.15, -0.1) is 0 Å². The van der Waals surface area contributed by atoms with Gasteiger partial charge in [-0.2, -0.15) is 0 Å². The lowest BCUT2D eigenvalue weighted by molar-refractivity contribution is -0.384. The molecular weight excluding hydrogens is 254 g/mol. The quantitative estimate of drug-likeness (QED) is 0.685. The predicted octanol–water partition coefficient (Wildman–Crippen LogP) is 3.47. The summed E-state index contributed by atoms with van der Waals surface area (Å²) in [5.41, 5.74) is 5.53. The summed E-state index contributed by atoms with van der Waals surface area (Å²) < 4.78 is 2.14. The third-order valence-electron chi connectivity index (χ3n) is 3.78. The Labute approximate surface area is 118 Å². The minimum absolute atomic E-state index is 0.110. The molecule has 106 valence electrons. The molecule has 1 heterocycles. The molecule has 2 rings (SSSR count). The van der Waals surface area contributed by atoms with Gasteiger partial charge in [-0.3, -0.25) is 10.1 Å². The molecule has 5 nitrogen and oxygen atoms in total. The average Bonchev–Trinajstić information content (AvgIpc) is 2.65. The Hall–Kier alpha value is -2.30. The van der Waals surface area contributed by atoms with Gasteiger partial charge in [0.15, 0.2) is 0 Å². The van der Waals surface area contributed by atoms with E-state index >= 15 is 0 Å². The van der Waals surface area contributed by atoms with Crippen molar-refractivity contribution in [2.45, 2.75) is 27.3 Å². The highest BCUT2D eigenvalue weighted by molar-refractivity contribution is 5.57. The van der Waals surface area contributed by atoms with E-state index in [-0.39, 0.29) is 10.6 Å². The Kier molecular flexibility index (Phi) is 3.79. The highest BCUT2D eigenvalue weighted by Gasteiger charge is 2.10. The Bertz CT molecular complexity index is 659. The van der Waals surface area contributed by atoms with Crippen LogP contribution in [0.5, 0.6) is 0 Å². The zero-order valence-corrected chi connectivity index (χ0v) is 12.2. The van der Waals surface area contributed by atoms with Gasteiger partial charge in [0, 0.05) is 42.8 Å². The molecule has 20 heavy (non-hydrogen) atoms. The number of nitrogens with zero attached hydrogens (tertiary/aromatic N) is 2. The van der Waals surface area contributed by atoms with Crippen LogP contribution in [0.25, 0.3) is 0 Å². The lowest BCUT2D eigenvalue weighted by Gasteiger charge is -2.09. The van der Waals surface area contributed by atoms with Crippen molar-refractivity contribution >= 4 is 11.4 Å². The summed E-state index contributed by atoms with van der Waals surface area (Å²) >= 11 is 0. The van der Waals surface area contributed by atoms with Crippen molar-refractivity contribution in [3.8, 4) is 0 Å². The minimum atomic E-state index is -0.372. The van der Waals surface area contributed by atoms with Gasteiger partial charge in [-0.05, 0) is 38.0 Å². The Balaban J connectivity index is 2.20. The van der Waals surface area contributed by atoms with Crippen LogP contribution >= 0.6 is 0 Å². The van der Waals surface area contributed by atoms with Crippen molar-refractivity contribution < 1.29 is 4.92 Å². The topological polar surface area (TPSA) is 60.1 Å². The van der Waals surface area contributed by atoms with E-state index in [9.17, 15) is 10.1 Å². The molecule has 0 unspecified atom stereocenters. The van der Waals surface area contributed by atoms with Crippen LogP contribution in [0.4, 0.5) is 11.4 Å². The van der Waals surface area contributed by atoms with Crippen molar-refractivity contribution in [1.29, 1.82) is 0 Å². The van der Waals surface area contributed by atoms with Gasteiger partial charge in [0.25, 0.3) is 5.69 Å². The van der Waals surface area contributed by atoms with E-state index in [2.05, 4.69) is 29.8 Å². The normalized spacial score (nSPS) is 10.6. The maximum atomic E-state index is 10.8. The second kappa shape index (κ2) is 5.36. The van der Waals surface area contributed by atoms with E-state index in [1.54, 1.807) is 12.1 Å². The number of rotatable bonds is 4. The molecule has 0 aliphatic carbocycles. The molecule has 0 amide bonds. The molecule has 0 atom stereocenters. The number of aryl methyl sites for hydroxylation is 2. The maximum Gasteiger partial charge on any atom is 0.271 e. The SMILES string of the molecule is Cc1ccc([N+](=O)[O-])cc1NCc1cc(C)n(C)c1C. The van der Waals surface area contributed by atoms with E-state index in [1.807, 2.05) is 14.0 Å². The summed E-state index contributed by atoms with van der Waals surface area (Å²) in [5.74, 6) is 0. The van der Waals surface area contributed by atoms with Gasteiger partial charge in [0.05, 0.1) is 4.92 Å². The van der Waals surface area contributed by atoms with Crippen LogP contribution in [0, 0.1) is 30.9 Å². The standard InChI is InChI=1S/C15H19N3O2/c1-10-5-6-14(18(19)20)8-15(10)16-9-13-7-11(2)17(4)12(13)3/h5-8,16H,9H2,1-4H3. The molecule has 2 aromatic rings. The summed E-state index contributed by atoms with van der Waals surface area (Å²) in [6, 6.07) is 7.01. The van der Waals surface area contributed by atoms with Crippen molar-refractivity contribution in [2.24, 2.45) is 7.05 Å². The fourth-order valence-electron chi connectivity index (χ4n) is 2.22. The van der Waals surface area contributed by atoms with E-state index < -0.39 is 0 Å². The van der Waals surface area contributed by atoms with Crippen LogP contribution in [0.15, 0.2) is 24.3 Å². The molecule has 5 heteroatoms. The average molecular weight is 273 g/mol. The molecule has 0 radical (unpaired) electrons. The lowest BCUT2D eigenvalue weighted by atomic mass is 10.1. The molecule has 1 aromatic heterocycles. The van der Waals surface area contributed by atoms with E-state index in [0.29, 0.717) is 6.54 Å². The van der Waals surface area contributed by atoms with Gasteiger partial charge < -0.3 is 9.88 Å². The fraction of sp³-hybridized carbons (Fsp3) is 0.333. The van der Waals surface area contributed by atoms with Crippen LogP contribution in [0.3, 0.4) is 0 Å². The monoisotopic (exact) mass is 273 g/mol. The Morgan fingerprint density at radius 2 is 1.95 bits per heavy atom. The van der Waals surface area contributed by atoms with Crippen LogP contribution in [0.2, 0.25) is 0 Å². The number of non-ortho nitro benzene ring substituents is 1. The summed E-state index contributed by atoms with van der Waals surface area (Å²) in [4.78, 5) is 10.4. The predicted molar refractivity (Wildman–Crippen MR) is 80.0 cm³/mol. The first-order chi connectivity index (χ1) is 9.40. The van der Waals surface area contributed by atoms with E-state index in [1.165, 1.54) is 23.0 Å². The van der Waals surface area contributed by atoms with Gasteiger partial charge in [0.1, 0.15) is 0 Å². The molecule has 0 fully saturated rings.